The lowest BCUT2D eigenvalue weighted by atomic mass is 10.0. The summed E-state index contributed by atoms with van der Waals surface area (Å²) in [5.74, 6) is 2.65. The molecule has 0 saturated carbocycles. The van der Waals surface area contributed by atoms with Crippen molar-refractivity contribution in [2.24, 2.45) is 0 Å². The second-order valence-electron chi connectivity index (χ2n) is 8.39. The van der Waals surface area contributed by atoms with E-state index in [1.54, 1.807) is 0 Å². The maximum Gasteiger partial charge on any atom is 0.136 e. The highest BCUT2D eigenvalue weighted by Crippen LogP contribution is 2.25. The zero-order chi connectivity index (χ0) is 22.3. The molecule has 0 amide bonds. The minimum atomic E-state index is -0.515. The number of aryl methyl sites for hydroxylation is 2. The molecule has 32 heavy (non-hydrogen) atoms. The summed E-state index contributed by atoms with van der Waals surface area (Å²) < 4.78 is 5.69. The van der Waals surface area contributed by atoms with Crippen molar-refractivity contribution < 1.29 is 9.84 Å². The van der Waals surface area contributed by atoms with E-state index in [1.165, 1.54) is 11.1 Å². The van der Waals surface area contributed by atoms with Gasteiger partial charge in [-0.3, -0.25) is 4.90 Å². The van der Waals surface area contributed by atoms with Crippen molar-refractivity contribution >= 4 is 5.82 Å². The van der Waals surface area contributed by atoms with Crippen LogP contribution in [0.3, 0.4) is 0 Å². The van der Waals surface area contributed by atoms with Crippen LogP contribution in [0.2, 0.25) is 0 Å². The van der Waals surface area contributed by atoms with Gasteiger partial charge in [0.2, 0.25) is 0 Å². The average molecular weight is 433 g/mol. The Balaban J connectivity index is 1.35. The number of hydrogen-bond donors (Lipinski definition) is 1. The van der Waals surface area contributed by atoms with Crippen LogP contribution < -0.4 is 9.64 Å². The lowest BCUT2D eigenvalue weighted by molar-refractivity contribution is 0.0662. The Labute approximate surface area is 190 Å². The van der Waals surface area contributed by atoms with E-state index in [2.05, 4.69) is 46.0 Å². The van der Waals surface area contributed by atoms with Gasteiger partial charge in [-0.25, -0.2) is 9.97 Å². The molecule has 1 fully saturated rings. The molecule has 1 aliphatic heterocycles. The number of nitrogens with zero attached hydrogens (tertiary/aromatic N) is 4. The van der Waals surface area contributed by atoms with Crippen molar-refractivity contribution in [2.75, 3.05) is 44.2 Å². The van der Waals surface area contributed by atoms with Gasteiger partial charge in [-0.1, -0.05) is 48.5 Å². The lowest BCUT2D eigenvalue weighted by Crippen LogP contribution is -2.49. The van der Waals surface area contributed by atoms with Crippen molar-refractivity contribution in [1.82, 2.24) is 14.9 Å². The molecule has 1 saturated heterocycles. The van der Waals surface area contributed by atoms with E-state index >= 15 is 0 Å². The lowest BCUT2D eigenvalue weighted by Gasteiger charge is -2.37. The molecule has 0 spiro atoms. The van der Waals surface area contributed by atoms with Crippen molar-refractivity contribution in [3.63, 3.8) is 0 Å². The minimum absolute atomic E-state index is 0.301. The van der Waals surface area contributed by atoms with Crippen LogP contribution in [-0.4, -0.2) is 65.4 Å². The van der Waals surface area contributed by atoms with Gasteiger partial charge in [0.25, 0.3) is 0 Å². The molecule has 0 bridgehead atoms. The smallest absolute Gasteiger partial charge is 0.136 e. The fourth-order valence-corrected chi connectivity index (χ4v) is 4.19. The largest absolute Gasteiger partial charge is 0.491 e. The highest BCUT2D eigenvalue weighted by Gasteiger charge is 2.23. The van der Waals surface area contributed by atoms with E-state index in [0.29, 0.717) is 13.2 Å². The number of ether oxygens (including phenoxy) is 1. The van der Waals surface area contributed by atoms with Gasteiger partial charge >= 0.3 is 0 Å². The summed E-state index contributed by atoms with van der Waals surface area (Å²) in [7, 11) is 0. The predicted molar refractivity (Wildman–Crippen MR) is 127 cm³/mol. The van der Waals surface area contributed by atoms with Crippen molar-refractivity contribution in [2.45, 2.75) is 26.4 Å². The van der Waals surface area contributed by atoms with Gasteiger partial charge in [0.05, 0.1) is 0 Å². The van der Waals surface area contributed by atoms with E-state index in [0.717, 1.165) is 55.7 Å². The molecule has 168 valence electrons. The molecule has 6 nitrogen and oxygen atoms in total. The molecule has 4 rings (SSSR count). The van der Waals surface area contributed by atoms with E-state index < -0.39 is 6.10 Å². The van der Waals surface area contributed by atoms with Gasteiger partial charge in [0.15, 0.2) is 0 Å². The average Bonchev–Trinajstić information content (AvgIpc) is 2.81. The van der Waals surface area contributed by atoms with Crippen LogP contribution >= 0.6 is 0 Å². The molecule has 0 aliphatic carbocycles. The first kappa shape index (κ1) is 22.2. The highest BCUT2D eigenvalue weighted by molar-refractivity contribution is 5.51. The Kier molecular flexibility index (Phi) is 7.35. The van der Waals surface area contributed by atoms with Crippen molar-refractivity contribution in [1.29, 1.82) is 0 Å². The summed E-state index contributed by atoms with van der Waals surface area (Å²) in [4.78, 5) is 14.1. The number of β-amino-alcohol motifs (C(OH)–C–C–N with tert-alkyl or cyclic N) is 1. The van der Waals surface area contributed by atoms with Gasteiger partial charge in [-0.05, 0) is 31.5 Å². The number of aromatic nitrogens is 2. The Bertz CT molecular complexity index is 989. The molecule has 2 aromatic carbocycles. The van der Waals surface area contributed by atoms with Gasteiger partial charge in [0, 0.05) is 50.4 Å². The zero-order valence-electron chi connectivity index (χ0n) is 18.9. The number of aliphatic hydroxyl groups is 1. The molecule has 0 radical (unpaired) electrons. The van der Waals surface area contributed by atoms with Gasteiger partial charge in [-0.2, -0.15) is 0 Å². The number of piperazine rings is 1. The van der Waals surface area contributed by atoms with Crippen molar-refractivity contribution in [3.05, 3.63) is 83.3 Å². The molecular weight excluding hydrogens is 400 g/mol. The van der Waals surface area contributed by atoms with Crippen LogP contribution in [0.5, 0.6) is 5.75 Å². The fraction of sp³-hybridized carbons (Fsp3) is 0.385. The van der Waals surface area contributed by atoms with E-state index in [-0.39, 0.29) is 0 Å². The first-order valence-electron chi connectivity index (χ1n) is 11.3. The summed E-state index contributed by atoms with van der Waals surface area (Å²) in [5, 5.41) is 10.4. The third-order valence-corrected chi connectivity index (χ3v) is 5.85. The molecule has 3 aromatic rings. The molecule has 1 aliphatic rings. The van der Waals surface area contributed by atoms with Crippen LogP contribution in [0.25, 0.3) is 0 Å². The van der Waals surface area contributed by atoms with E-state index in [9.17, 15) is 5.11 Å². The number of rotatable bonds is 8. The van der Waals surface area contributed by atoms with Crippen LogP contribution in [0, 0.1) is 13.8 Å². The van der Waals surface area contributed by atoms with Gasteiger partial charge < -0.3 is 14.7 Å². The number of para-hydroxylation sites is 1. The molecule has 1 N–H and O–H groups in total. The topological polar surface area (TPSA) is 61.7 Å². The first-order chi connectivity index (χ1) is 15.6. The fourth-order valence-electron chi connectivity index (χ4n) is 4.19. The SMILES string of the molecule is Cc1nc(C)c(Cc2ccccc2)c(N2CCN(CC(O)COc3ccccc3)CC2)n1. The Morgan fingerprint density at radius 2 is 1.56 bits per heavy atom. The Hall–Kier alpha value is -2.96. The van der Waals surface area contributed by atoms with E-state index in [4.69, 9.17) is 9.72 Å². The van der Waals surface area contributed by atoms with Crippen LogP contribution in [0.1, 0.15) is 22.6 Å². The van der Waals surface area contributed by atoms with Crippen LogP contribution in [0.15, 0.2) is 60.7 Å². The molecular formula is C26H32N4O2. The predicted octanol–water partition coefficient (Wildman–Crippen LogP) is 3.25. The first-order valence-corrected chi connectivity index (χ1v) is 11.3. The standard InChI is InChI=1S/C26H32N4O2/c1-20-25(17-22-9-5-3-6-10-22)26(28-21(2)27-20)30-15-13-29(14-16-30)18-23(31)19-32-24-11-7-4-8-12-24/h3-12,23,31H,13-19H2,1-2H3. The highest BCUT2D eigenvalue weighted by atomic mass is 16.5. The molecule has 1 atom stereocenters. The maximum atomic E-state index is 10.4. The second-order valence-corrected chi connectivity index (χ2v) is 8.39. The minimum Gasteiger partial charge on any atom is -0.491 e. The second kappa shape index (κ2) is 10.6. The summed E-state index contributed by atoms with van der Waals surface area (Å²) in [6, 6.07) is 20.1. The summed E-state index contributed by atoms with van der Waals surface area (Å²) in [5.41, 5.74) is 3.52. The van der Waals surface area contributed by atoms with Crippen LogP contribution in [0.4, 0.5) is 5.82 Å². The molecule has 1 aromatic heterocycles. The quantitative estimate of drug-likeness (QED) is 0.590. The zero-order valence-corrected chi connectivity index (χ0v) is 18.9. The van der Waals surface area contributed by atoms with Gasteiger partial charge in [0.1, 0.15) is 30.1 Å². The molecule has 6 heteroatoms. The van der Waals surface area contributed by atoms with E-state index in [1.807, 2.05) is 43.3 Å². The number of aliphatic hydroxyl groups excluding tert-OH is 1. The molecule has 2 heterocycles. The summed E-state index contributed by atoms with van der Waals surface area (Å²) >= 11 is 0. The summed E-state index contributed by atoms with van der Waals surface area (Å²) in [6.45, 7) is 8.48. The molecule has 1 unspecified atom stereocenters. The summed E-state index contributed by atoms with van der Waals surface area (Å²) in [6.07, 6.45) is 0.317. The van der Waals surface area contributed by atoms with Gasteiger partial charge in [-0.15, -0.1) is 0 Å². The maximum absolute atomic E-state index is 10.4. The number of anilines is 1. The normalized spacial score (nSPS) is 15.5. The third kappa shape index (κ3) is 5.84. The number of benzene rings is 2. The van der Waals surface area contributed by atoms with Crippen molar-refractivity contribution in [3.8, 4) is 5.75 Å². The Morgan fingerprint density at radius 1 is 0.906 bits per heavy atom. The van der Waals surface area contributed by atoms with Crippen LogP contribution in [-0.2, 0) is 6.42 Å². The monoisotopic (exact) mass is 432 g/mol. The third-order valence-electron chi connectivity index (χ3n) is 5.85. The Morgan fingerprint density at radius 3 is 2.25 bits per heavy atom. The number of hydrogen-bond acceptors (Lipinski definition) is 6.